The predicted molar refractivity (Wildman–Crippen MR) is 206 cm³/mol. The van der Waals surface area contributed by atoms with Gasteiger partial charge in [0.1, 0.15) is 5.58 Å². The van der Waals surface area contributed by atoms with Gasteiger partial charge < -0.3 is 9.73 Å². The molecule has 0 amide bonds. The molecule has 0 fully saturated rings. The lowest BCUT2D eigenvalue weighted by molar-refractivity contribution is 0.573. The van der Waals surface area contributed by atoms with E-state index in [0.717, 1.165) is 38.9 Å². The van der Waals surface area contributed by atoms with Crippen molar-refractivity contribution in [3.63, 3.8) is 0 Å². The molecule has 48 heavy (non-hydrogen) atoms. The zero-order valence-electron chi connectivity index (χ0n) is 27.3. The van der Waals surface area contributed by atoms with Crippen molar-refractivity contribution >= 4 is 65.6 Å². The molecule has 8 aromatic carbocycles. The highest BCUT2D eigenvalue weighted by molar-refractivity contribution is 6.23. The standard InChI is InChI=1S/C46H35NO/c1-46(2,3)40-17-10-16-39-43-38-15-7-6-13-35(38)28-42(45(43)48-44(39)40)47-41-18-9-8-14-37(41)36-24-23-33-26-32(21-22-34(33)27-36)31-20-19-29-11-4-5-12-30(29)25-31/h4-28,47H,1-3H3. The van der Waals surface area contributed by atoms with Gasteiger partial charge in [-0.1, -0.05) is 142 Å². The van der Waals surface area contributed by atoms with Crippen molar-refractivity contribution in [1.82, 2.24) is 0 Å². The molecular formula is C46H35NO. The summed E-state index contributed by atoms with van der Waals surface area (Å²) < 4.78 is 6.83. The number of hydrogen-bond donors (Lipinski definition) is 1. The van der Waals surface area contributed by atoms with E-state index in [2.05, 4.69) is 178 Å². The third-order valence-corrected chi connectivity index (χ3v) is 9.73. The van der Waals surface area contributed by atoms with Gasteiger partial charge in [-0.2, -0.15) is 0 Å². The molecule has 2 heteroatoms. The van der Waals surface area contributed by atoms with Crippen LogP contribution in [0.25, 0.3) is 76.5 Å². The maximum Gasteiger partial charge on any atom is 0.159 e. The summed E-state index contributed by atoms with van der Waals surface area (Å²) in [5.41, 5.74) is 9.79. The van der Waals surface area contributed by atoms with Gasteiger partial charge >= 0.3 is 0 Å². The Bertz CT molecular complexity index is 2690. The molecule has 2 nitrogen and oxygen atoms in total. The van der Waals surface area contributed by atoms with Gasteiger partial charge in [-0.05, 0) is 84.8 Å². The molecule has 0 radical (unpaired) electrons. The van der Waals surface area contributed by atoms with Crippen molar-refractivity contribution in [2.75, 3.05) is 5.32 Å². The van der Waals surface area contributed by atoms with E-state index in [1.807, 2.05) is 0 Å². The van der Waals surface area contributed by atoms with Gasteiger partial charge in [0.25, 0.3) is 0 Å². The average Bonchev–Trinajstić information content (AvgIpc) is 3.51. The van der Waals surface area contributed by atoms with Crippen molar-refractivity contribution in [2.45, 2.75) is 26.2 Å². The minimum atomic E-state index is -0.0459. The fourth-order valence-electron chi connectivity index (χ4n) is 7.28. The van der Waals surface area contributed by atoms with E-state index in [1.54, 1.807) is 0 Å². The summed E-state index contributed by atoms with van der Waals surface area (Å²) in [6.07, 6.45) is 0. The molecule has 0 saturated heterocycles. The number of para-hydroxylation sites is 2. The molecule has 1 heterocycles. The second kappa shape index (κ2) is 10.9. The van der Waals surface area contributed by atoms with Crippen LogP contribution in [-0.4, -0.2) is 0 Å². The van der Waals surface area contributed by atoms with Crippen LogP contribution >= 0.6 is 0 Å². The van der Waals surface area contributed by atoms with Crippen LogP contribution in [0.1, 0.15) is 26.3 Å². The van der Waals surface area contributed by atoms with Crippen LogP contribution in [0, 0.1) is 0 Å². The highest BCUT2D eigenvalue weighted by Crippen LogP contribution is 2.44. The van der Waals surface area contributed by atoms with Crippen molar-refractivity contribution in [3.05, 3.63) is 157 Å². The first-order chi connectivity index (χ1) is 23.4. The average molecular weight is 618 g/mol. The molecule has 0 aliphatic heterocycles. The molecule has 0 saturated carbocycles. The molecule has 9 rings (SSSR count). The molecule has 0 aliphatic carbocycles. The smallest absolute Gasteiger partial charge is 0.159 e. The van der Waals surface area contributed by atoms with Gasteiger partial charge in [0.2, 0.25) is 0 Å². The Morgan fingerprint density at radius 2 is 1.02 bits per heavy atom. The van der Waals surface area contributed by atoms with Crippen molar-refractivity contribution in [1.29, 1.82) is 0 Å². The summed E-state index contributed by atoms with van der Waals surface area (Å²) in [6, 6.07) is 54.7. The van der Waals surface area contributed by atoms with E-state index in [9.17, 15) is 0 Å². The van der Waals surface area contributed by atoms with Crippen LogP contribution in [0.15, 0.2) is 156 Å². The Morgan fingerprint density at radius 1 is 0.438 bits per heavy atom. The molecule has 0 atom stereocenters. The second-order valence-electron chi connectivity index (χ2n) is 13.9. The minimum Gasteiger partial charge on any atom is -0.454 e. The highest BCUT2D eigenvalue weighted by Gasteiger charge is 2.23. The quantitative estimate of drug-likeness (QED) is 0.213. The molecular weight excluding hydrogens is 583 g/mol. The number of fused-ring (bicyclic) bond motifs is 7. The Hall–Kier alpha value is -5.86. The first-order valence-corrected chi connectivity index (χ1v) is 16.7. The van der Waals surface area contributed by atoms with Crippen LogP contribution in [0.2, 0.25) is 0 Å². The van der Waals surface area contributed by atoms with E-state index in [4.69, 9.17) is 4.42 Å². The number of nitrogens with one attached hydrogen (secondary N) is 1. The first-order valence-electron chi connectivity index (χ1n) is 16.7. The summed E-state index contributed by atoms with van der Waals surface area (Å²) in [6.45, 7) is 6.74. The Kier molecular flexibility index (Phi) is 6.42. The number of furan rings is 1. The zero-order valence-corrected chi connectivity index (χ0v) is 27.3. The Balaban J connectivity index is 1.14. The van der Waals surface area contributed by atoms with Crippen LogP contribution in [0.4, 0.5) is 11.4 Å². The maximum atomic E-state index is 6.83. The third kappa shape index (κ3) is 4.72. The van der Waals surface area contributed by atoms with Gasteiger partial charge in [-0.25, -0.2) is 0 Å². The Morgan fingerprint density at radius 3 is 1.79 bits per heavy atom. The number of benzene rings is 8. The topological polar surface area (TPSA) is 25.2 Å². The first kappa shape index (κ1) is 28.4. The van der Waals surface area contributed by atoms with Crippen LogP contribution in [0.5, 0.6) is 0 Å². The van der Waals surface area contributed by atoms with Crippen LogP contribution in [-0.2, 0) is 5.41 Å². The zero-order chi connectivity index (χ0) is 32.4. The Labute approximate surface area is 280 Å². The summed E-state index contributed by atoms with van der Waals surface area (Å²) in [5.74, 6) is 0. The third-order valence-electron chi connectivity index (χ3n) is 9.73. The lowest BCUT2D eigenvalue weighted by Crippen LogP contribution is -2.10. The van der Waals surface area contributed by atoms with Crippen molar-refractivity contribution in [3.8, 4) is 22.3 Å². The molecule has 0 bridgehead atoms. The summed E-state index contributed by atoms with van der Waals surface area (Å²) in [4.78, 5) is 0. The van der Waals surface area contributed by atoms with Crippen molar-refractivity contribution < 1.29 is 4.42 Å². The largest absolute Gasteiger partial charge is 0.454 e. The lowest BCUT2D eigenvalue weighted by atomic mass is 9.86. The van der Waals surface area contributed by atoms with E-state index in [1.165, 1.54) is 54.6 Å². The molecule has 1 aromatic heterocycles. The second-order valence-corrected chi connectivity index (χ2v) is 13.9. The minimum absolute atomic E-state index is 0.0459. The summed E-state index contributed by atoms with van der Waals surface area (Å²) in [7, 11) is 0. The van der Waals surface area contributed by atoms with Crippen LogP contribution in [0.3, 0.4) is 0 Å². The van der Waals surface area contributed by atoms with Gasteiger partial charge in [-0.3, -0.25) is 0 Å². The van der Waals surface area contributed by atoms with Crippen molar-refractivity contribution in [2.24, 2.45) is 0 Å². The fourth-order valence-corrected chi connectivity index (χ4v) is 7.28. The fraction of sp³-hybridized carbons (Fsp3) is 0.0870. The highest BCUT2D eigenvalue weighted by atomic mass is 16.3. The van der Waals surface area contributed by atoms with Gasteiger partial charge in [0, 0.05) is 27.6 Å². The monoisotopic (exact) mass is 617 g/mol. The van der Waals surface area contributed by atoms with E-state index >= 15 is 0 Å². The molecule has 1 N–H and O–H groups in total. The van der Waals surface area contributed by atoms with Gasteiger partial charge in [-0.15, -0.1) is 0 Å². The number of hydrogen-bond acceptors (Lipinski definition) is 2. The molecule has 9 aromatic rings. The molecule has 0 spiro atoms. The van der Waals surface area contributed by atoms with Gasteiger partial charge in [0.15, 0.2) is 5.58 Å². The lowest BCUT2D eigenvalue weighted by Gasteiger charge is -2.18. The van der Waals surface area contributed by atoms with E-state index in [0.29, 0.717) is 0 Å². The number of anilines is 2. The van der Waals surface area contributed by atoms with E-state index in [-0.39, 0.29) is 5.41 Å². The van der Waals surface area contributed by atoms with E-state index < -0.39 is 0 Å². The summed E-state index contributed by atoms with van der Waals surface area (Å²) >= 11 is 0. The van der Waals surface area contributed by atoms with Gasteiger partial charge in [0.05, 0.1) is 5.69 Å². The predicted octanol–water partition coefficient (Wildman–Crippen LogP) is 13.4. The normalized spacial score (nSPS) is 12.1. The maximum absolute atomic E-state index is 6.83. The SMILES string of the molecule is CC(C)(C)c1cccc2c1oc1c(Nc3ccccc3-c3ccc4cc(-c5ccc6ccccc6c5)ccc4c3)cc3ccccc3c12. The summed E-state index contributed by atoms with van der Waals surface area (Å²) in [5, 5.41) is 13.5. The van der Waals surface area contributed by atoms with Crippen LogP contribution < -0.4 is 5.32 Å². The molecule has 0 unspecified atom stereocenters. The molecule has 230 valence electrons. The number of rotatable bonds is 4. The molecule has 0 aliphatic rings.